The first-order chi connectivity index (χ1) is 16.5. The first kappa shape index (κ1) is 30.0. The van der Waals surface area contributed by atoms with E-state index in [1.807, 2.05) is 13.0 Å². The van der Waals surface area contributed by atoms with Crippen molar-refractivity contribution in [2.45, 2.75) is 58.2 Å². The van der Waals surface area contributed by atoms with Gasteiger partial charge < -0.3 is 25.0 Å². The normalized spacial score (nSPS) is 12.6. The number of hydrogen-bond donors (Lipinski definition) is 3. The number of nitrogens with zero attached hydrogens (tertiary/aromatic N) is 1. The van der Waals surface area contributed by atoms with Crippen molar-refractivity contribution < 1.29 is 28.7 Å². The van der Waals surface area contributed by atoms with E-state index in [0.717, 1.165) is 12.0 Å². The van der Waals surface area contributed by atoms with Crippen molar-refractivity contribution in [2.75, 3.05) is 26.0 Å². The van der Waals surface area contributed by atoms with E-state index in [1.54, 1.807) is 45.0 Å². The molecule has 0 spiro atoms. The van der Waals surface area contributed by atoms with Crippen molar-refractivity contribution in [3.63, 3.8) is 0 Å². The molecule has 3 amide bonds. The highest BCUT2D eigenvalue weighted by Gasteiger charge is 2.35. The summed E-state index contributed by atoms with van der Waals surface area (Å²) in [4.78, 5) is 52.4. The first-order valence-corrected chi connectivity index (χ1v) is 12.1. The predicted octanol–water partition coefficient (Wildman–Crippen LogP) is 3.11. The Morgan fingerprint density at radius 1 is 1.23 bits per heavy atom. The Bertz CT molecular complexity index is 899. The van der Waals surface area contributed by atoms with Gasteiger partial charge in [0.05, 0.1) is 7.11 Å². The molecule has 0 radical (unpaired) electrons. The quantitative estimate of drug-likeness (QED) is 0.296. The SMILES string of the molecule is C=Cc1cccc(C(C(=O)NCC(=O)OC)N(CCCC)C(=O)C(CS)NC(=O)OC(C)(C)C)c1. The molecule has 1 aromatic rings. The van der Waals surface area contributed by atoms with Crippen LogP contribution in [0.1, 0.15) is 57.7 Å². The molecule has 0 aromatic heterocycles. The Labute approximate surface area is 213 Å². The number of hydrogen-bond acceptors (Lipinski definition) is 7. The molecule has 0 heterocycles. The fourth-order valence-corrected chi connectivity index (χ4v) is 3.43. The third-order valence-corrected chi connectivity index (χ3v) is 5.23. The van der Waals surface area contributed by atoms with E-state index >= 15 is 0 Å². The van der Waals surface area contributed by atoms with Gasteiger partial charge >= 0.3 is 12.1 Å². The van der Waals surface area contributed by atoms with Crippen molar-refractivity contribution in [1.82, 2.24) is 15.5 Å². The van der Waals surface area contributed by atoms with Crippen LogP contribution < -0.4 is 10.6 Å². The number of amides is 3. The molecule has 10 heteroatoms. The van der Waals surface area contributed by atoms with Crippen molar-refractivity contribution in [2.24, 2.45) is 0 Å². The van der Waals surface area contributed by atoms with Gasteiger partial charge in [-0.05, 0) is 44.4 Å². The van der Waals surface area contributed by atoms with Crippen molar-refractivity contribution in [3.8, 4) is 0 Å². The van der Waals surface area contributed by atoms with Crippen LogP contribution in [0.25, 0.3) is 6.08 Å². The average molecular weight is 508 g/mol. The van der Waals surface area contributed by atoms with E-state index in [4.69, 9.17) is 4.74 Å². The number of esters is 1. The van der Waals surface area contributed by atoms with Gasteiger partial charge in [0.15, 0.2) is 0 Å². The zero-order chi connectivity index (χ0) is 26.6. The van der Waals surface area contributed by atoms with Gasteiger partial charge in [-0.15, -0.1) is 0 Å². The minimum atomic E-state index is -1.07. The highest BCUT2D eigenvalue weighted by molar-refractivity contribution is 7.80. The molecule has 0 aliphatic rings. The van der Waals surface area contributed by atoms with Crippen LogP contribution in [0.4, 0.5) is 4.79 Å². The minimum absolute atomic E-state index is 0.0100. The summed E-state index contributed by atoms with van der Waals surface area (Å²) in [6.07, 6.45) is 2.24. The molecule has 194 valence electrons. The van der Waals surface area contributed by atoms with Crippen molar-refractivity contribution in [1.29, 1.82) is 0 Å². The molecule has 2 unspecified atom stereocenters. The lowest BCUT2D eigenvalue weighted by molar-refractivity contribution is -0.144. The lowest BCUT2D eigenvalue weighted by atomic mass is 10.00. The predicted molar refractivity (Wildman–Crippen MR) is 138 cm³/mol. The van der Waals surface area contributed by atoms with Gasteiger partial charge in [-0.25, -0.2) is 4.79 Å². The van der Waals surface area contributed by atoms with Crippen LogP contribution in [0.3, 0.4) is 0 Å². The maximum absolute atomic E-state index is 13.7. The molecule has 35 heavy (non-hydrogen) atoms. The molecule has 9 nitrogen and oxygen atoms in total. The van der Waals surface area contributed by atoms with Gasteiger partial charge in [0.25, 0.3) is 0 Å². The standard InChI is InChI=1S/C25H37N3O6S/c1-7-9-13-28(23(31)19(16-35)27-24(32)34-25(3,4)5)21(22(30)26-15-20(29)33-6)18-12-10-11-17(8-2)14-18/h8,10-12,14,19,21,35H,2,7,9,13,15-16H2,1,3-6H3,(H,26,30)(H,27,32). The third-order valence-electron chi connectivity index (χ3n) is 4.86. The number of thiol groups is 1. The van der Waals surface area contributed by atoms with Crippen LogP contribution in [0, 0.1) is 0 Å². The summed E-state index contributed by atoms with van der Waals surface area (Å²) in [5.41, 5.74) is 0.538. The van der Waals surface area contributed by atoms with E-state index in [2.05, 4.69) is 34.6 Å². The summed E-state index contributed by atoms with van der Waals surface area (Å²) in [7, 11) is 1.22. The van der Waals surface area contributed by atoms with E-state index < -0.39 is 41.6 Å². The highest BCUT2D eigenvalue weighted by Crippen LogP contribution is 2.25. The fraction of sp³-hybridized carbons (Fsp3) is 0.520. The number of nitrogens with one attached hydrogen (secondary N) is 2. The minimum Gasteiger partial charge on any atom is -0.468 e. The van der Waals surface area contributed by atoms with Crippen LogP contribution in [0.2, 0.25) is 0 Å². The summed E-state index contributed by atoms with van der Waals surface area (Å²) >= 11 is 4.25. The van der Waals surface area contributed by atoms with E-state index in [0.29, 0.717) is 12.0 Å². The molecule has 0 saturated carbocycles. The smallest absolute Gasteiger partial charge is 0.408 e. The largest absolute Gasteiger partial charge is 0.468 e. The second kappa shape index (κ2) is 14.4. The number of carbonyl (C=O) groups is 4. The topological polar surface area (TPSA) is 114 Å². The summed E-state index contributed by atoms with van der Waals surface area (Å²) in [5, 5.41) is 5.10. The molecule has 0 bridgehead atoms. The molecule has 0 saturated heterocycles. The lowest BCUT2D eigenvalue weighted by Crippen LogP contribution is -2.54. The monoisotopic (exact) mass is 507 g/mol. The zero-order valence-corrected chi connectivity index (χ0v) is 22.0. The Hall–Kier alpha value is -3.01. The van der Waals surface area contributed by atoms with E-state index in [9.17, 15) is 19.2 Å². The Morgan fingerprint density at radius 2 is 1.91 bits per heavy atom. The summed E-state index contributed by atoms with van der Waals surface area (Å²) in [6, 6.07) is 4.94. The van der Waals surface area contributed by atoms with E-state index in [1.165, 1.54) is 12.0 Å². The zero-order valence-electron chi connectivity index (χ0n) is 21.1. The molecular weight excluding hydrogens is 470 g/mol. The molecule has 0 aliphatic heterocycles. The summed E-state index contributed by atoms with van der Waals surface area (Å²) in [5.74, 6) is -1.69. The highest BCUT2D eigenvalue weighted by atomic mass is 32.1. The van der Waals surface area contributed by atoms with Crippen LogP contribution in [-0.2, 0) is 23.9 Å². The van der Waals surface area contributed by atoms with Gasteiger partial charge in [0.1, 0.15) is 24.2 Å². The summed E-state index contributed by atoms with van der Waals surface area (Å²) in [6.45, 7) is 10.8. The van der Waals surface area contributed by atoms with Gasteiger partial charge in [-0.2, -0.15) is 12.6 Å². The van der Waals surface area contributed by atoms with Gasteiger partial charge in [0.2, 0.25) is 11.8 Å². The van der Waals surface area contributed by atoms with Crippen LogP contribution in [0.15, 0.2) is 30.8 Å². The number of benzene rings is 1. The van der Waals surface area contributed by atoms with Crippen LogP contribution >= 0.6 is 12.6 Å². The maximum atomic E-state index is 13.7. The van der Waals surface area contributed by atoms with Crippen LogP contribution in [0.5, 0.6) is 0 Å². The molecule has 1 aromatic carbocycles. The fourth-order valence-electron chi connectivity index (χ4n) is 3.19. The molecule has 0 aliphatic carbocycles. The number of ether oxygens (including phenoxy) is 2. The van der Waals surface area contributed by atoms with Crippen molar-refractivity contribution in [3.05, 3.63) is 42.0 Å². The van der Waals surface area contributed by atoms with Gasteiger partial charge in [0, 0.05) is 12.3 Å². The molecule has 0 fully saturated rings. The number of alkyl carbamates (subject to hydrolysis) is 1. The second-order valence-electron chi connectivity index (χ2n) is 8.84. The number of methoxy groups -OCH3 is 1. The number of rotatable bonds is 12. The summed E-state index contributed by atoms with van der Waals surface area (Å²) < 4.78 is 9.90. The number of carbonyl (C=O) groups excluding carboxylic acids is 4. The molecule has 2 atom stereocenters. The first-order valence-electron chi connectivity index (χ1n) is 11.4. The maximum Gasteiger partial charge on any atom is 0.408 e. The Balaban J connectivity index is 3.40. The molecule has 2 N–H and O–H groups in total. The average Bonchev–Trinajstić information content (AvgIpc) is 2.81. The Morgan fingerprint density at radius 3 is 2.46 bits per heavy atom. The van der Waals surface area contributed by atoms with E-state index in [-0.39, 0.29) is 18.8 Å². The third kappa shape index (κ3) is 10.0. The number of unbranched alkanes of at least 4 members (excludes halogenated alkanes) is 1. The lowest BCUT2D eigenvalue weighted by Gasteiger charge is -2.34. The Kier molecular flexibility index (Phi) is 12.4. The van der Waals surface area contributed by atoms with Gasteiger partial charge in [-0.1, -0.05) is 44.2 Å². The van der Waals surface area contributed by atoms with Gasteiger partial charge in [-0.3, -0.25) is 14.4 Å². The second-order valence-corrected chi connectivity index (χ2v) is 9.20. The van der Waals surface area contributed by atoms with Crippen molar-refractivity contribution >= 4 is 42.6 Å². The molecule has 1 rings (SSSR count). The van der Waals surface area contributed by atoms with Crippen LogP contribution in [-0.4, -0.2) is 66.4 Å². The molecular formula is C25H37N3O6S.